The summed E-state index contributed by atoms with van der Waals surface area (Å²) in [5.74, 6) is 0. The van der Waals surface area contributed by atoms with E-state index in [4.69, 9.17) is 8.83 Å². The fourth-order valence-corrected chi connectivity index (χ4v) is 8.15. The second-order valence-corrected chi connectivity index (χ2v) is 13.7. The molecule has 0 aliphatic heterocycles. The highest BCUT2D eigenvalue weighted by Gasteiger charge is 2.21. The number of anilines is 3. The van der Waals surface area contributed by atoms with Gasteiger partial charge in [-0.25, -0.2) is 0 Å². The van der Waals surface area contributed by atoms with Crippen molar-refractivity contribution in [1.82, 2.24) is 0 Å². The van der Waals surface area contributed by atoms with Crippen LogP contribution in [-0.2, 0) is 0 Å². The summed E-state index contributed by atoms with van der Waals surface area (Å²) in [7, 11) is 0. The van der Waals surface area contributed by atoms with E-state index in [0.29, 0.717) is 0 Å². The van der Waals surface area contributed by atoms with E-state index in [0.717, 1.165) is 82.8 Å². The molecule has 0 aliphatic rings. The molecule has 2 aromatic heterocycles. The molecule has 53 heavy (non-hydrogen) atoms. The fourth-order valence-electron chi connectivity index (χ4n) is 8.15. The van der Waals surface area contributed by atoms with E-state index in [9.17, 15) is 0 Å². The maximum atomic E-state index is 6.67. The molecule has 0 spiro atoms. The summed E-state index contributed by atoms with van der Waals surface area (Å²) >= 11 is 0. The summed E-state index contributed by atoms with van der Waals surface area (Å²) in [6, 6.07) is 66.8. The maximum absolute atomic E-state index is 6.67. The zero-order valence-corrected chi connectivity index (χ0v) is 28.7. The number of rotatable bonds is 5. The SMILES string of the molecule is c1cc(-c2ccc3c(c2)oc2ccccc23)cc(N(c2ccc(-c3cccc4ccccc34)cc2)c2cccc3oc4c5ccccc5ccc4c23)c1. The number of para-hydroxylation sites is 1. The summed E-state index contributed by atoms with van der Waals surface area (Å²) in [6.07, 6.45) is 0. The largest absolute Gasteiger partial charge is 0.456 e. The van der Waals surface area contributed by atoms with Crippen molar-refractivity contribution in [2.45, 2.75) is 0 Å². The molecule has 0 fully saturated rings. The second-order valence-electron chi connectivity index (χ2n) is 13.7. The molecule has 11 rings (SSSR count). The van der Waals surface area contributed by atoms with Crippen LogP contribution < -0.4 is 4.90 Å². The number of benzene rings is 9. The summed E-state index contributed by atoms with van der Waals surface area (Å²) in [5.41, 5.74) is 11.3. The van der Waals surface area contributed by atoms with E-state index >= 15 is 0 Å². The van der Waals surface area contributed by atoms with Crippen molar-refractivity contribution in [3.8, 4) is 22.3 Å². The van der Waals surface area contributed by atoms with Gasteiger partial charge < -0.3 is 13.7 Å². The summed E-state index contributed by atoms with van der Waals surface area (Å²) in [4.78, 5) is 2.36. The highest BCUT2D eigenvalue weighted by atomic mass is 16.3. The molecule has 9 aromatic carbocycles. The Morgan fingerprint density at radius 3 is 1.87 bits per heavy atom. The lowest BCUT2D eigenvalue weighted by Crippen LogP contribution is -2.10. The predicted molar refractivity (Wildman–Crippen MR) is 222 cm³/mol. The Kier molecular flexibility index (Phi) is 6.55. The molecule has 0 N–H and O–H groups in total. The van der Waals surface area contributed by atoms with Gasteiger partial charge in [0.15, 0.2) is 0 Å². The van der Waals surface area contributed by atoms with Crippen molar-refractivity contribution < 1.29 is 8.83 Å². The molecule has 0 bridgehead atoms. The van der Waals surface area contributed by atoms with Crippen LogP contribution in [-0.4, -0.2) is 0 Å². The minimum atomic E-state index is 0.859. The monoisotopic (exact) mass is 677 g/mol. The van der Waals surface area contributed by atoms with Crippen LogP contribution in [0.1, 0.15) is 0 Å². The standard InChI is InChI=1S/C50H31NO2/c1-3-15-39-32(10-1)12-8-18-40(39)34-22-26-37(27-23-34)51(45-19-9-21-47-49(45)44-29-24-33-11-2-4-16-41(33)50(44)53-47)38-14-7-13-35(30-38)36-25-28-43-42-17-5-6-20-46(42)52-48(43)31-36/h1-31H. The molecule has 2 heterocycles. The first-order chi connectivity index (χ1) is 26.3. The Labute approximate surface area is 305 Å². The maximum Gasteiger partial charge on any atom is 0.143 e. The van der Waals surface area contributed by atoms with Crippen molar-refractivity contribution in [2.24, 2.45) is 0 Å². The van der Waals surface area contributed by atoms with E-state index in [-0.39, 0.29) is 0 Å². The van der Waals surface area contributed by atoms with Gasteiger partial charge in [-0.05, 0) is 99.1 Å². The minimum Gasteiger partial charge on any atom is -0.456 e. The third kappa shape index (κ3) is 4.75. The van der Waals surface area contributed by atoms with Gasteiger partial charge in [0.2, 0.25) is 0 Å². The highest BCUT2D eigenvalue weighted by molar-refractivity contribution is 6.19. The van der Waals surface area contributed by atoms with Gasteiger partial charge in [0.05, 0.1) is 11.1 Å². The highest BCUT2D eigenvalue weighted by Crippen LogP contribution is 2.45. The molecule has 0 unspecified atom stereocenters. The van der Waals surface area contributed by atoms with Gasteiger partial charge in [-0.3, -0.25) is 0 Å². The quantitative estimate of drug-likeness (QED) is 0.182. The van der Waals surface area contributed by atoms with Gasteiger partial charge >= 0.3 is 0 Å². The molecular formula is C50H31NO2. The predicted octanol–water partition coefficient (Wildman–Crippen LogP) is 14.6. The lowest BCUT2D eigenvalue weighted by molar-refractivity contribution is 0.669. The van der Waals surface area contributed by atoms with E-state index in [1.54, 1.807) is 0 Å². The number of hydrogen-bond acceptors (Lipinski definition) is 3. The molecule has 0 saturated carbocycles. The Bertz CT molecular complexity index is 3180. The third-order valence-electron chi connectivity index (χ3n) is 10.6. The number of furan rings is 2. The summed E-state index contributed by atoms with van der Waals surface area (Å²) < 4.78 is 13.0. The molecule has 0 amide bonds. The zero-order chi connectivity index (χ0) is 34.9. The van der Waals surface area contributed by atoms with Crippen LogP contribution in [0.25, 0.3) is 87.7 Å². The Morgan fingerprint density at radius 2 is 0.981 bits per heavy atom. The van der Waals surface area contributed by atoms with Gasteiger partial charge in [0, 0.05) is 32.9 Å². The van der Waals surface area contributed by atoms with E-state index < -0.39 is 0 Å². The van der Waals surface area contributed by atoms with Crippen molar-refractivity contribution in [2.75, 3.05) is 4.90 Å². The number of nitrogens with zero attached hydrogens (tertiary/aromatic N) is 1. The lowest BCUT2D eigenvalue weighted by atomic mass is 9.97. The van der Waals surface area contributed by atoms with Gasteiger partial charge in [0.1, 0.15) is 22.3 Å². The molecular weight excluding hydrogens is 647 g/mol. The Balaban J connectivity index is 1.11. The molecule has 0 aliphatic carbocycles. The van der Waals surface area contributed by atoms with Gasteiger partial charge in [-0.15, -0.1) is 0 Å². The number of hydrogen-bond donors (Lipinski definition) is 0. The molecule has 3 heteroatoms. The fraction of sp³-hybridized carbons (Fsp3) is 0. The van der Waals surface area contributed by atoms with Crippen molar-refractivity contribution in [3.05, 3.63) is 188 Å². The Hall–Kier alpha value is -7.10. The van der Waals surface area contributed by atoms with Crippen LogP contribution >= 0.6 is 0 Å². The second kappa shape index (κ2) is 11.7. The normalized spacial score (nSPS) is 11.8. The van der Waals surface area contributed by atoms with Crippen LogP contribution in [0.15, 0.2) is 197 Å². The first-order valence-corrected chi connectivity index (χ1v) is 18.0. The smallest absolute Gasteiger partial charge is 0.143 e. The summed E-state index contributed by atoms with van der Waals surface area (Å²) in [5, 5.41) is 9.19. The molecule has 11 aromatic rings. The summed E-state index contributed by atoms with van der Waals surface area (Å²) in [6.45, 7) is 0. The van der Waals surface area contributed by atoms with Crippen LogP contribution in [0.3, 0.4) is 0 Å². The average molecular weight is 678 g/mol. The molecule has 0 saturated heterocycles. The van der Waals surface area contributed by atoms with Crippen LogP contribution in [0.2, 0.25) is 0 Å². The average Bonchev–Trinajstić information content (AvgIpc) is 3.80. The van der Waals surface area contributed by atoms with Crippen molar-refractivity contribution >= 4 is 82.5 Å². The lowest BCUT2D eigenvalue weighted by Gasteiger charge is -2.27. The number of fused-ring (bicyclic) bond motifs is 9. The van der Waals surface area contributed by atoms with Crippen molar-refractivity contribution in [3.63, 3.8) is 0 Å². The topological polar surface area (TPSA) is 29.5 Å². The van der Waals surface area contributed by atoms with E-state index in [1.807, 2.05) is 12.1 Å². The minimum absolute atomic E-state index is 0.859. The van der Waals surface area contributed by atoms with Gasteiger partial charge in [-0.1, -0.05) is 127 Å². The first kappa shape index (κ1) is 29.6. The Morgan fingerprint density at radius 1 is 0.340 bits per heavy atom. The van der Waals surface area contributed by atoms with Crippen molar-refractivity contribution in [1.29, 1.82) is 0 Å². The van der Waals surface area contributed by atoms with E-state index in [2.05, 4.69) is 181 Å². The molecule has 0 radical (unpaired) electrons. The van der Waals surface area contributed by atoms with Crippen LogP contribution in [0.5, 0.6) is 0 Å². The molecule has 0 atom stereocenters. The van der Waals surface area contributed by atoms with Gasteiger partial charge in [0.25, 0.3) is 0 Å². The van der Waals surface area contributed by atoms with Crippen LogP contribution in [0, 0.1) is 0 Å². The van der Waals surface area contributed by atoms with Gasteiger partial charge in [-0.2, -0.15) is 0 Å². The molecule has 3 nitrogen and oxygen atoms in total. The first-order valence-electron chi connectivity index (χ1n) is 18.0. The third-order valence-corrected chi connectivity index (χ3v) is 10.6. The molecule has 248 valence electrons. The van der Waals surface area contributed by atoms with E-state index in [1.165, 1.54) is 21.9 Å². The van der Waals surface area contributed by atoms with Crippen LogP contribution in [0.4, 0.5) is 17.1 Å². The zero-order valence-electron chi connectivity index (χ0n) is 28.7.